The average molecular weight is 304 g/mol. The molecule has 0 saturated heterocycles. The highest BCUT2D eigenvalue weighted by Gasteiger charge is 2.38. The number of nitrogens with two attached hydrogens (primary N) is 1. The van der Waals surface area contributed by atoms with E-state index in [0.29, 0.717) is 10.6 Å². The Kier molecular flexibility index (Phi) is 5.10. The molecular weight excluding hydrogens is 294 g/mol. The predicted octanol–water partition coefficient (Wildman–Crippen LogP) is 2.75. The van der Waals surface area contributed by atoms with E-state index in [9.17, 15) is 13.2 Å². The Bertz CT molecular complexity index is 426. The van der Waals surface area contributed by atoms with Crippen LogP contribution in [0, 0.1) is 0 Å². The molecule has 0 radical (unpaired) electrons. The van der Waals surface area contributed by atoms with Crippen molar-refractivity contribution in [1.82, 2.24) is 0 Å². The average Bonchev–Trinajstić information content (AvgIpc) is 2.25. The van der Waals surface area contributed by atoms with Crippen molar-refractivity contribution < 1.29 is 23.0 Å². The molecule has 0 aliphatic rings. The molecular formula is C10H10Cl2F3NO2. The maximum atomic E-state index is 12.1. The fraction of sp³-hybridized carbons (Fsp3) is 0.400. The van der Waals surface area contributed by atoms with Gasteiger partial charge in [-0.15, -0.1) is 0 Å². The van der Waals surface area contributed by atoms with Crippen LogP contribution < -0.4 is 10.5 Å². The monoisotopic (exact) mass is 303 g/mol. The van der Waals surface area contributed by atoms with E-state index in [1.807, 2.05) is 0 Å². The fourth-order valence-electron chi connectivity index (χ4n) is 1.18. The molecule has 3 N–H and O–H groups in total. The van der Waals surface area contributed by atoms with Crippen LogP contribution in [0.4, 0.5) is 13.2 Å². The minimum absolute atomic E-state index is 0.00226. The van der Waals surface area contributed by atoms with Gasteiger partial charge < -0.3 is 15.6 Å². The van der Waals surface area contributed by atoms with Gasteiger partial charge in [-0.25, -0.2) is 0 Å². The van der Waals surface area contributed by atoms with Gasteiger partial charge in [0.1, 0.15) is 12.4 Å². The molecule has 1 rings (SSSR count). The van der Waals surface area contributed by atoms with Crippen LogP contribution in [0.5, 0.6) is 5.75 Å². The van der Waals surface area contributed by atoms with Crippen molar-refractivity contribution in [1.29, 1.82) is 0 Å². The number of hydrogen-bond donors (Lipinski definition) is 2. The SMILES string of the molecule is NCc1cc(Cl)cc(Cl)c1OCC(O)C(F)(F)F. The van der Waals surface area contributed by atoms with Crippen LogP contribution in [-0.4, -0.2) is 24.0 Å². The van der Waals surface area contributed by atoms with E-state index in [1.54, 1.807) is 0 Å². The molecule has 1 atom stereocenters. The molecule has 8 heteroatoms. The van der Waals surface area contributed by atoms with Crippen molar-refractivity contribution in [2.75, 3.05) is 6.61 Å². The quantitative estimate of drug-likeness (QED) is 0.899. The van der Waals surface area contributed by atoms with Gasteiger partial charge in [0.15, 0.2) is 6.10 Å². The summed E-state index contributed by atoms with van der Waals surface area (Å²) < 4.78 is 41.1. The Morgan fingerprint density at radius 1 is 1.33 bits per heavy atom. The van der Waals surface area contributed by atoms with Crippen molar-refractivity contribution in [3.05, 3.63) is 27.7 Å². The second kappa shape index (κ2) is 5.97. The molecule has 0 aliphatic carbocycles. The molecule has 18 heavy (non-hydrogen) atoms. The number of benzene rings is 1. The third-order valence-corrected chi connectivity index (χ3v) is 2.57. The van der Waals surface area contributed by atoms with Crippen LogP contribution in [0.25, 0.3) is 0 Å². The van der Waals surface area contributed by atoms with Gasteiger partial charge in [0.25, 0.3) is 0 Å². The third kappa shape index (κ3) is 3.91. The molecule has 3 nitrogen and oxygen atoms in total. The summed E-state index contributed by atoms with van der Waals surface area (Å²) in [6, 6.07) is 2.75. The molecule has 0 fully saturated rings. The second-order valence-corrected chi connectivity index (χ2v) is 4.29. The minimum atomic E-state index is -4.75. The number of halogens is 5. The van der Waals surface area contributed by atoms with E-state index in [2.05, 4.69) is 0 Å². The van der Waals surface area contributed by atoms with Crippen LogP contribution in [0.3, 0.4) is 0 Å². The van der Waals surface area contributed by atoms with Crippen LogP contribution in [-0.2, 0) is 6.54 Å². The molecule has 0 amide bonds. The minimum Gasteiger partial charge on any atom is -0.489 e. The Labute approximate surface area is 111 Å². The Morgan fingerprint density at radius 2 is 1.94 bits per heavy atom. The summed E-state index contributed by atoms with van der Waals surface area (Å²) in [6.07, 6.45) is -7.34. The first-order chi connectivity index (χ1) is 8.25. The normalized spacial score (nSPS) is 13.5. The number of aliphatic hydroxyl groups excluding tert-OH is 1. The van der Waals surface area contributed by atoms with Gasteiger partial charge in [0.05, 0.1) is 5.02 Å². The van der Waals surface area contributed by atoms with Gasteiger partial charge >= 0.3 is 6.18 Å². The van der Waals surface area contributed by atoms with E-state index >= 15 is 0 Å². The van der Waals surface area contributed by atoms with Gasteiger partial charge in [-0.1, -0.05) is 23.2 Å². The van der Waals surface area contributed by atoms with Crippen molar-refractivity contribution in [2.45, 2.75) is 18.8 Å². The summed E-state index contributed by atoms with van der Waals surface area (Å²) in [5.41, 5.74) is 5.76. The fourth-order valence-corrected chi connectivity index (χ4v) is 1.77. The zero-order valence-corrected chi connectivity index (χ0v) is 10.5. The molecule has 0 spiro atoms. The lowest BCUT2D eigenvalue weighted by molar-refractivity contribution is -0.210. The third-order valence-electron chi connectivity index (χ3n) is 2.07. The highest BCUT2D eigenvalue weighted by atomic mass is 35.5. The Balaban J connectivity index is 2.85. The van der Waals surface area contributed by atoms with Crippen molar-refractivity contribution in [2.24, 2.45) is 5.73 Å². The first-order valence-electron chi connectivity index (χ1n) is 4.81. The second-order valence-electron chi connectivity index (χ2n) is 3.45. The smallest absolute Gasteiger partial charge is 0.417 e. The van der Waals surface area contributed by atoms with Gasteiger partial charge in [-0.3, -0.25) is 0 Å². The topological polar surface area (TPSA) is 55.5 Å². The molecule has 1 aromatic rings. The summed E-state index contributed by atoms with van der Waals surface area (Å²) in [5, 5.41) is 9.14. The van der Waals surface area contributed by atoms with Gasteiger partial charge in [0, 0.05) is 17.1 Å². The number of alkyl halides is 3. The Morgan fingerprint density at radius 3 is 2.44 bits per heavy atom. The molecule has 0 saturated carbocycles. The van der Waals surface area contributed by atoms with Crippen molar-refractivity contribution in [3.8, 4) is 5.75 Å². The van der Waals surface area contributed by atoms with Crippen LogP contribution in [0.1, 0.15) is 5.56 Å². The molecule has 0 aliphatic heterocycles. The highest BCUT2D eigenvalue weighted by molar-refractivity contribution is 6.35. The summed E-state index contributed by atoms with van der Waals surface area (Å²) in [5.74, 6) is -0.00753. The number of hydrogen-bond acceptors (Lipinski definition) is 3. The van der Waals surface area contributed by atoms with E-state index in [0.717, 1.165) is 0 Å². The molecule has 1 aromatic carbocycles. The summed E-state index contributed by atoms with van der Waals surface area (Å²) in [7, 11) is 0. The highest BCUT2D eigenvalue weighted by Crippen LogP contribution is 2.33. The van der Waals surface area contributed by atoms with Crippen molar-refractivity contribution >= 4 is 23.2 Å². The zero-order valence-electron chi connectivity index (χ0n) is 8.97. The zero-order chi connectivity index (χ0) is 13.9. The lowest BCUT2D eigenvalue weighted by atomic mass is 10.2. The van der Waals surface area contributed by atoms with Crippen LogP contribution in [0.15, 0.2) is 12.1 Å². The number of rotatable bonds is 4. The van der Waals surface area contributed by atoms with Gasteiger partial charge in [-0.05, 0) is 12.1 Å². The largest absolute Gasteiger partial charge is 0.489 e. The van der Waals surface area contributed by atoms with E-state index in [4.69, 9.17) is 38.8 Å². The molecule has 0 heterocycles. The Hall–Kier alpha value is -0.690. The maximum Gasteiger partial charge on any atom is 0.417 e. The van der Waals surface area contributed by atoms with E-state index in [1.165, 1.54) is 12.1 Å². The predicted molar refractivity (Wildman–Crippen MR) is 61.9 cm³/mol. The molecule has 102 valence electrons. The lowest BCUT2D eigenvalue weighted by Crippen LogP contribution is -2.34. The summed E-state index contributed by atoms with van der Waals surface area (Å²) in [4.78, 5) is 0. The lowest BCUT2D eigenvalue weighted by Gasteiger charge is -2.17. The molecule has 0 bridgehead atoms. The van der Waals surface area contributed by atoms with Gasteiger partial charge in [-0.2, -0.15) is 13.2 Å². The number of ether oxygens (including phenoxy) is 1. The standard InChI is InChI=1S/C10H10Cl2F3NO2/c11-6-1-5(3-16)9(7(12)2-6)18-4-8(17)10(13,14)15/h1-2,8,17H,3-4,16H2. The van der Waals surface area contributed by atoms with E-state index < -0.39 is 18.9 Å². The summed E-state index contributed by atoms with van der Waals surface area (Å²) >= 11 is 11.5. The van der Waals surface area contributed by atoms with E-state index in [-0.39, 0.29) is 17.3 Å². The molecule has 1 unspecified atom stereocenters. The van der Waals surface area contributed by atoms with Crippen molar-refractivity contribution in [3.63, 3.8) is 0 Å². The van der Waals surface area contributed by atoms with Gasteiger partial charge in [0.2, 0.25) is 0 Å². The summed E-state index contributed by atoms with van der Waals surface area (Å²) in [6.45, 7) is -0.963. The maximum absolute atomic E-state index is 12.1. The van der Waals surface area contributed by atoms with Crippen LogP contribution in [0.2, 0.25) is 10.0 Å². The first kappa shape index (κ1) is 15.4. The number of aliphatic hydroxyl groups is 1. The molecule has 0 aromatic heterocycles. The first-order valence-corrected chi connectivity index (χ1v) is 5.57. The van der Waals surface area contributed by atoms with Crippen LogP contribution >= 0.6 is 23.2 Å².